The van der Waals surface area contributed by atoms with Crippen LogP contribution in [-0.4, -0.2) is 4.92 Å². The highest BCUT2D eigenvalue weighted by Gasteiger charge is 2.03. The van der Waals surface area contributed by atoms with E-state index in [1.807, 2.05) is 25.1 Å². The van der Waals surface area contributed by atoms with E-state index in [1.165, 1.54) is 12.1 Å². The average Bonchev–Trinajstić information content (AvgIpc) is 2.40. The Balaban J connectivity index is 2.22. The molecule has 6 heteroatoms. The van der Waals surface area contributed by atoms with Crippen molar-refractivity contribution in [3.8, 4) is 0 Å². The van der Waals surface area contributed by atoms with Gasteiger partial charge in [-0.1, -0.05) is 6.07 Å². The van der Waals surface area contributed by atoms with Crippen LogP contribution in [0.4, 0.5) is 17.1 Å². The van der Waals surface area contributed by atoms with Crippen LogP contribution in [0.5, 0.6) is 0 Å². The van der Waals surface area contributed by atoms with Gasteiger partial charge in [0.2, 0.25) is 0 Å². The Bertz CT molecular complexity index is 639. The number of aryl methyl sites for hydroxylation is 1. The quantitative estimate of drug-likeness (QED) is 0.384. The van der Waals surface area contributed by atoms with Crippen LogP contribution in [-0.2, 0) is 0 Å². The average molecular weight is 273 g/mol. The molecule has 0 amide bonds. The van der Waals surface area contributed by atoms with Gasteiger partial charge in [0.1, 0.15) is 0 Å². The molecule has 0 fully saturated rings. The van der Waals surface area contributed by atoms with E-state index in [-0.39, 0.29) is 5.69 Å². The maximum atomic E-state index is 10.5. The predicted molar refractivity (Wildman–Crippen MR) is 75.7 cm³/mol. The van der Waals surface area contributed by atoms with E-state index in [4.69, 9.17) is 0 Å². The highest BCUT2D eigenvalue weighted by atomic mass is 32.1. The first-order chi connectivity index (χ1) is 9.06. The van der Waals surface area contributed by atoms with Crippen molar-refractivity contribution >= 4 is 29.7 Å². The van der Waals surface area contributed by atoms with Crippen molar-refractivity contribution in [3.05, 3.63) is 58.1 Å². The fourth-order valence-corrected chi connectivity index (χ4v) is 1.65. The normalized spacial score (nSPS) is 10.8. The number of rotatable bonds is 3. The monoisotopic (exact) mass is 273 g/mol. The molecule has 0 atom stereocenters. The molecule has 0 N–H and O–H groups in total. The molecule has 0 heterocycles. The zero-order valence-electron chi connectivity index (χ0n) is 10.1. The summed E-state index contributed by atoms with van der Waals surface area (Å²) in [6.07, 6.45) is 0. The Morgan fingerprint density at radius 1 is 1.11 bits per heavy atom. The smallest absolute Gasteiger partial charge is 0.258 e. The van der Waals surface area contributed by atoms with Gasteiger partial charge in [-0.05, 0) is 36.8 Å². The third kappa shape index (κ3) is 3.38. The van der Waals surface area contributed by atoms with Gasteiger partial charge in [-0.2, -0.15) is 5.11 Å². The van der Waals surface area contributed by atoms with Gasteiger partial charge >= 0.3 is 0 Å². The number of hydrogen-bond acceptors (Lipinski definition) is 5. The summed E-state index contributed by atoms with van der Waals surface area (Å²) in [5.74, 6) is 0. The van der Waals surface area contributed by atoms with E-state index in [2.05, 4.69) is 22.9 Å². The van der Waals surface area contributed by atoms with Gasteiger partial charge in [0.05, 0.1) is 16.3 Å². The molecule has 19 heavy (non-hydrogen) atoms. The minimum Gasteiger partial charge on any atom is -0.258 e. The Labute approximate surface area is 115 Å². The zero-order chi connectivity index (χ0) is 13.8. The number of nitrogens with zero attached hydrogens (tertiary/aromatic N) is 3. The Hall–Kier alpha value is -2.21. The molecule has 0 aromatic heterocycles. The highest BCUT2D eigenvalue weighted by Crippen LogP contribution is 2.26. The van der Waals surface area contributed by atoms with E-state index in [0.29, 0.717) is 11.4 Å². The molecule has 0 unspecified atom stereocenters. The molecule has 0 aliphatic rings. The number of nitro benzene ring substituents is 1. The van der Waals surface area contributed by atoms with Gasteiger partial charge in [-0.15, -0.1) is 17.7 Å². The number of nitro groups is 1. The summed E-state index contributed by atoms with van der Waals surface area (Å²) in [6, 6.07) is 11.6. The molecule has 5 nitrogen and oxygen atoms in total. The number of thiol groups is 1. The lowest BCUT2D eigenvalue weighted by molar-refractivity contribution is -0.384. The van der Waals surface area contributed by atoms with Crippen LogP contribution in [0.3, 0.4) is 0 Å². The lowest BCUT2D eigenvalue weighted by atomic mass is 10.2. The van der Waals surface area contributed by atoms with Crippen molar-refractivity contribution in [1.29, 1.82) is 0 Å². The van der Waals surface area contributed by atoms with Gasteiger partial charge in [-0.3, -0.25) is 10.1 Å². The van der Waals surface area contributed by atoms with E-state index < -0.39 is 4.92 Å². The molecular formula is C13H11N3O2S. The van der Waals surface area contributed by atoms with Crippen LogP contribution in [0, 0.1) is 17.0 Å². The standard InChI is InChI=1S/C13H11N3O2S/c1-9-2-7-13(19)12(8-9)15-14-10-3-5-11(6-4-10)16(17)18/h2-8,19H,1H3. The summed E-state index contributed by atoms with van der Waals surface area (Å²) in [5.41, 5.74) is 2.32. The molecule has 0 radical (unpaired) electrons. The molecule has 2 aromatic carbocycles. The fourth-order valence-electron chi connectivity index (χ4n) is 1.47. The maximum absolute atomic E-state index is 10.5. The second-order valence-corrected chi connectivity index (χ2v) is 4.45. The number of hydrogen-bond donors (Lipinski definition) is 1. The number of azo groups is 1. The van der Waals surface area contributed by atoms with Crippen LogP contribution in [0.1, 0.15) is 5.56 Å². The third-order valence-corrected chi connectivity index (χ3v) is 2.84. The molecule has 96 valence electrons. The number of benzene rings is 2. The summed E-state index contributed by atoms with van der Waals surface area (Å²) in [7, 11) is 0. The summed E-state index contributed by atoms with van der Waals surface area (Å²) in [5, 5.41) is 18.6. The molecule has 0 saturated heterocycles. The Morgan fingerprint density at radius 2 is 1.79 bits per heavy atom. The summed E-state index contributed by atoms with van der Waals surface area (Å²) in [4.78, 5) is 10.8. The van der Waals surface area contributed by atoms with Crippen molar-refractivity contribution in [3.63, 3.8) is 0 Å². The van der Waals surface area contributed by atoms with Crippen molar-refractivity contribution in [1.82, 2.24) is 0 Å². The zero-order valence-corrected chi connectivity index (χ0v) is 11.0. The second-order valence-electron chi connectivity index (χ2n) is 3.97. The van der Waals surface area contributed by atoms with Crippen molar-refractivity contribution in [2.24, 2.45) is 10.2 Å². The molecule has 0 bridgehead atoms. The molecule has 0 spiro atoms. The Kier molecular flexibility index (Phi) is 3.91. The first kappa shape index (κ1) is 13.2. The maximum Gasteiger partial charge on any atom is 0.269 e. The van der Waals surface area contributed by atoms with E-state index in [1.54, 1.807) is 12.1 Å². The Morgan fingerprint density at radius 3 is 2.42 bits per heavy atom. The van der Waals surface area contributed by atoms with Gasteiger partial charge in [-0.25, -0.2) is 0 Å². The van der Waals surface area contributed by atoms with E-state index >= 15 is 0 Å². The van der Waals surface area contributed by atoms with Crippen molar-refractivity contribution < 1.29 is 4.92 Å². The summed E-state index contributed by atoms with van der Waals surface area (Å²) in [6.45, 7) is 1.96. The van der Waals surface area contributed by atoms with Crippen LogP contribution < -0.4 is 0 Å². The van der Waals surface area contributed by atoms with E-state index in [9.17, 15) is 10.1 Å². The van der Waals surface area contributed by atoms with Gasteiger partial charge in [0.25, 0.3) is 5.69 Å². The molecular weight excluding hydrogens is 262 g/mol. The highest BCUT2D eigenvalue weighted by molar-refractivity contribution is 7.80. The first-order valence-corrected chi connectivity index (χ1v) is 5.97. The predicted octanol–water partition coefficient (Wildman–Crippen LogP) is 4.61. The third-order valence-electron chi connectivity index (χ3n) is 2.46. The van der Waals surface area contributed by atoms with Crippen molar-refractivity contribution in [2.75, 3.05) is 0 Å². The summed E-state index contributed by atoms with van der Waals surface area (Å²) >= 11 is 4.29. The topological polar surface area (TPSA) is 67.9 Å². The van der Waals surface area contributed by atoms with E-state index in [0.717, 1.165) is 10.5 Å². The molecule has 0 aliphatic heterocycles. The van der Waals surface area contributed by atoms with Crippen LogP contribution in [0.25, 0.3) is 0 Å². The lowest BCUT2D eigenvalue weighted by Gasteiger charge is -1.99. The SMILES string of the molecule is Cc1ccc(S)c(N=Nc2ccc([N+](=O)[O-])cc2)c1. The molecule has 2 rings (SSSR count). The molecule has 0 aliphatic carbocycles. The number of non-ortho nitro benzene ring substituents is 1. The van der Waals surface area contributed by atoms with Gasteiger partial charge < -0.3 is 0 Å². The second kappa shape index (κ2) is 5.62. The van der Waals surface area contributed by atoms with Crippen molar-refractivity contribution in [2.45, 2.75) is 11.8 Å². The first-order valence-electron chi connectivity index (χ1n) is 5.52. The van der Waals surface area contributed by atoms with Gasteiger partial charge in [0.15, 0.2) is 0 Å². The summed E-state index contributed by atoms with van der Waals surface area (Å²) < 4.78 is 0. The minimum atomic E-state index is -0.451. The largest absolute Gasteiger partial charge is 0.269 e. The van der Waals surface area contributed by atoms with Crippen LogP contribution in [0.15, 0.2) is 57.6 Å². The fraction of sp³-hybridized carbons (Fsp3) is 0.0769. The van der Waals surface area contributed by atoms with Crippen LogP contribution in [0.2, 0.25) is 0 Å². The molecule has 0 saturated carbocycles. The lowest BCUT2D eigenvalue weighted by Crippen LogP contribution is -1.85. The van der Waals surface area contributed by atoms with Gasteiger partial charge in [0, 0.05) is 17.0 Å². The minimum absolute atomic E-state index is 0.0318. The molecule has 2 aromatic rings. The van der Waals surface area contributed by atoms with Crippen LogP contribution >= 0.6 is 12.6 Å².